The number of aryl methyl sites for hydroxylation is 1. The standard InChI is InChI=1S/C18H23F3N2O2/c1-11-2-5-15(16(6-11)25-10-18(19,20)21)23-17(24)9-12-7-13-3-4-14(8-12)22-13/h2,5-6,12-14,22H,3-4,7-10H2,1H3,(H,23,24). The predicted molar refractivity (Wildman–Crippen MR) is 88.6 cm³/mol. The van der Waals surface area contributed by atoms with E-state index in [1.54, 1.807) is 19.1 Å². The Morgan fingerprint density at radius 2 is 1.96 bits per heavy atom. The molecule has 1 aromatic carbocycles. The first-order valence-corrected chi connectivity index (χ1v) is 8.64. The molecule has 2 aliphatic rings. The lowest BCUT2D eigenvalue weighted by atomic mass is 9.89. The third-order valence-corrected chi connectivity index (χ3v) is 4.85. The summed E-state index contributed by atoms with van der Waals surface area (Å²) < 4.78 is 42.1. The fourth-order valence-electron chi connectivity index (χ4n) is 3.82. The second kappa shape index (κ2) is 7.23. The lowest BCUT2D eigenvalue weighted by molar-refractivity contribution is -0.153. The van der Waals surface area contributed by atoms with Crippen LogP contribution in [-0.2, 0) is 4.79 Å². The molecule has 2 N–H and O–H groups in total. The molecule has 2 heterocycles. The second-order valence-corrected chi connectivity index (χ2v) is 7.13. The number of rotatable bonds is 5. The van der Waals surface area contributed by atoms with Gasteiger partial charge in [-0.3, -0.25) is 4.79 Å². The van der Waals surface area contributed by atoms with Gasteiger partial charge in [0.15, 0.2) is 6.61 Å². The van der Waals surface area contributed by atoms with Gasteiger partial charge in [0.25, 0.3) is 0 Å². The normalized spacial score (nSPS) is 25.7. The van der Waals surface area contributed by atoms with Crippen molar-refractivity contribution >= 4 is 11.6 Å². The predicted octanol–water partition coefficient (Wildman–Crippen LogP) is 3.80. The highest BCUT2D eigenvalue weighted by Crippen LogP contribution is 2.33. The number of halogens is 3. The van der Waals surface area contributed by atoms with Crippen molar-refractivity contribution in [2.24, 2.45) is 5.92 Å². The first-order chi connectivity index (χ1) is 11.8. The fourth-order valence-corrected chi connectivity index (χ4v) is 3.82. The number of carbonyl (C=O) groups is 1. The summed E-state index contributed by atoms with van der Waals surface area (Å²) in [5.74, 6) is 0.201. The molecule has 0 aromatic heterocycles. The van der Waals surface area contributed by atoms with Crippen molar-refractivity contribution in [3.05, 3.63) is 23.8 Å². The molecule has 3 rings (SSSR count). The number of benzene rings is 1. The van der Waals surface area contributed by atoms with Crippen molar-refractivity contribution in [1.29, 1.82) is 0 Å². The number of hydrogen-bond acceptors (Lipinski definition) is 3. The van der Waals surface area contributed by atoms with Crippen molar-refractivity contribution in [3.63, 3.8) is 0 Å². The zero-order valence-corrected chi connectivity index (χ0v) is 14.2. The number of piperidine rings is 1. The van der Waals surface area contributed by atoms with Crippen LogP contribution in [0.3, 0.4) is 0 Å². The molecule has 7 heteroatoms. The van der Waals surface area contributed by atoms with E-state index in [0.717, 1.165) is 31.2 Å². The molecule has 2 fully saturated rings. The summed E-state index contributed by atoms with van der Waals surface area (Å²) in [6.45, 7) is 0.383. The van der Waals surface area contributed by atoms with E-state index in [1.807, 2.05) is 0 Å². The summed E-state index contributed by atoms with van der Waals surface area (Å²) in [6.07, 6.45) is 0.261. The minimum Gasteiger partial charge on any atom is -0.482 e. The van der Waals surface area contributed by atoms with Gasteiger partial charge in [0, 0.05) is 18.5 Å². The number of amides is 1. The molecule has 2 bridgehead atoms. The lowest BCUT2D eigenvalue weighted by Crippen LogP contribution is -2.39. The third-order valence-electron chi connectivity index (χ3n) is 4.85. The van der Waals surface area contributed by atoms with E-state index in [4.69, 9.17) is 4.74 Å². The van der Waals surface area contributed by atoms with Crippen LogP contribution in [0.25, 0.3) is 0 Å². The van der Waals surface area contributed by atoms with Gasteiger partial charge in [-0.25, -0.2) is 0 Å². The van der Waals surface area contributed by atoms with E-state index in [2.05, 4.69) is 10.6 Å². The largest absolute Gasteiger partial charge is 0.482 e. The van der Waals surface area contributed by atoms with Crippen LogP contribution in [-0.4, -0.2) is 30.8 Å². The number of fused-ring (bicyclic) bond motifs is 2. The molecule has 1 aromatic rings. The van der Waals surface area contributed by atoms with Crippen LogP contribution in [0.5, 0.6) is 5.75 Å². The van der Waals surface area contributed by atoms with E-state index < -0.39 is 12.8 Å². The number of hydrogen-bond donors (Lipinski definition) is 2. The molecule has 4 nitrogen and oxygen atoms in total. The van der Waals surface area contributed by atoms with Gasteiger partial charge >= 0.3 is 6.18 Å². The number of alkyl halides is 3. The maximum atomic E-state index is 12.4. The second-order valence-electron chi connectivity index (χ2n) is 7.13. The molecule has 138 valence electrons. The van der Waals surface area contributed by atoms with E-state index in [0.29, 0.717) is 24.4 Å². The lowest BCUT2D eigenvalue weighted by Gasteiger charge is -2.28. The molecule has 0 saturated carbocycles. The number of ether oxygens (including phenoxy) is 1. The van der Waals surface area contributed by atoms with Gasteiger partial charge in [-0.15, -0.1) is 0 Å². The van der Waals surface area contributed by atoms with Crippen LogP contribution < -0.4 is 15.4 Å². The van der Waals surface area contributed by atoms with E-state index in [9.17, 15) is 18.0 Å². The van der Waals surface area contributed by atoms with Crippen molar-refractivity contribution in [2.45, 2.75) is 57.3 Å². The molecule has 0 aliphatic carbocycles. The quantitative estimate of drug-likeness (QED) is 0.844. The monoisotopic (exact) mass is 356 g/mol. The Kier molecular flexibility index (Phi) is 5.22. The van der Waals surface area contributed by atoms with Crippen molar-refractivity contribution in [3.8, 4) is 5.75 Å². The van der Waals surface area contributed by atoms with Gasteiger partial charge in [0.1, 0.15) is 5.75 Å². The van der Waals surface area contributed by atoms with Crippen LogP contribution in [0, 0.1) is 12.8 Å². The number of anilines is 1. The Bertz CT molecular complexity index is 621. The van der Waals surface area contributed by atoms with Crippen molar-refractivity contribution in [2.75, 3.05) is 11.9 Å². The molecule has 2 saturated heterocycles. The van der Waals surface area contributed by atoms with Gasteiger partial charge < -0.3 is 15.4 Å². The van der Waals surface area contributed by atoms with Gasteiger partial charge in [-0.05, 0) is 56.2 Å². The van der Waals surface area contributed by atoms with Crippen LogP contribution >= 0.6 is 0 Å². The molecule has 2 aliphatic heterocycles. The zero-order chi connectivity index (χ0) is 18.0. The number of nitrogens with one attached hydrogen (secondary N) is 2. The Morgan fingerprint density at radius 1 is 1.28 bits per heavy atom. The van der Waals surface area contributed by atoms with Crippen LogP contribution in [0.4, 0.5) is 18.9 Å². The fraction of sp³-hybridized carbons (Fsp3) is 0.611. The van der Waals surface area contributed by atoms with Crippen molar-refractivity contribution in [1.82, 2.24) is 5.32 Å². The van der Waals surface area contributed by atoms with E-state index in [1.165, 1.54) is 6.07 Å². The van der Waals surface area contributed by atoms with E-state index >= 15 is 0 Å². The van der Waals surface area contributed by atoms with Gasteiger partial charge in [-0.2, -0.15) is 13.2 Å². The van der Waals surface area contributed by atoms with Crippen LogP contribution in [0.15, 0.2) is 18.2 Å². The first kappa shape index (κ1) is 18.0. The average molecular weight is 356 g/mol. The number of carbonyl (C=O) groups excluding carboxylic acids is 1. The molecule has 1 amide bonds. The highest BCUT2D eigenvalue weighted by Gasteiger charge is 2.34. The zero-order valence-electron chi connectivity index (χ0n) is 14.2. The summed E-state index contributed by atoms with van der Waals surface area (Å²) in [5, 5.41) is 6.25. The molecule has 2 atom stereocenters. The minimum atomic E-state index is -4.42. The van der Waals surface area contributed by atoms with Gasteiger partial charge in [0.05, 0.1) is 5.69 Å². The maximum absolute atomic E-state index is 12.4. The topological polar surface area (TPSA) is 50.4 Å². The highest BCUT2D eigenvalue weighted by molar-refractivity contribution is 5.92. The van der Waals surface area contributed by atoms with Crippen LogP contribution in [0.2, 0.25) is 0 Å². The molecule has 25 heavy (non-hydrogen) atoms. The molecule has 0 spiro atoms. The van der Waals surface area contributed by atoms with E-state index in [-0.39, 0.29) is 17.3 Å². The summed E-state index contributed by atoms with van der Waals surface area (Å²) in [7, 11) is 0. The molecule has 2 unspecified atom stereocenters. The highest BCUT2D eigenvalue weighted by atomic mass is 19.4. The minimum absolute atomic E-state index is 0.0519. The van der Waals surface area contributed by atoms with Gasteiger partial charge in [-0.1, -0.05) is 6.07 Å². The smallest absolute Gasteiger partial charge is 0.422 e. The van der Waals surface area contributed by atoms with Crippen LogP contribution in [0.1, 0.15) is 37.7 Å². The molecular formula is C18H23F3N2O2. The molecule has 0 radical (unpaired) electrons. The Hall–Kier alpha value is -1.76. The summed E-state index contributed by atoms with van der Waals surface area (Å²) in [5.41, 5.74) is 1.06. The third kappa shape index (κ3) is 5.11. The van der Waals surface area contributed by atoms with Gasteiger partial charge in [0.2, 0.25) is 5.91 Å². The maximum Gasteiger partial charge on any atom is 0.422 e. The van der Waals surface area contributed by atoms with Crippen molar-refractivity contribution < 1.29 is 22.7 Å². The summed E-state index contributed by atoms with van der Waals surface area (Å²) >= 11 is 0. The SMILES string of the molecule is Cc1ccc(NC(=O)CC2CC3CCC(C2)N3)c(OCC(F)(F)F)c1. The first-order valence-electron chi connectivity index (χ1n) is 8.64. The summed E-state index contributed by atoms with van der Waals surface area (Å²) in [6, 6.07) is 5.83. The average Bonchev–Trinajstić information content (AvgIpc) is 2.85. The summed E-state index contributed by atoms with van der Waals surface area (Å²) in [4.78, 5) is 12.3. The Morgan fingerprint density at radius 3 is 2.60 bits per heavy atom. The Labute approximate surface area is 145 Å². The molecular weight excluding hydrogens is 333 g/mol. The Balaban J connectivity index is 1.60.